The zero-order chi connectivity index (χ0) is 21.8. The monoisotopic (exact) mass is 437 g/mol. The number of rotatable bonds is 8. The number of nitrogens with zero attached hydrogens (tertiary/aromatic N) is 2. The van der Waals surface area contributed by atoms with Gasteiger partial charge in [-0.15, -0.1) is 0 Å². The molecule has 0 aromatic heterocycles. The van der Waals surface area contributed by atoms with Crippen LogP contribution in [0.3, 0.4) is 0 Å². The molecule has 0 radical (unpaired) electrons. The number of fused-ring (bicyclic) bond motifs is 3. The van der Waals surface area contributed by atoms with Crippen molar-refractivity contribution in [1.29, 1.82) is 0 Å². The van der Waals surface area contributed by atoms with Gasteiger partial charge < -0.3 is 14.2 Å². The molecule has 0 atom stereocenters. The SMILES string of the molecule is Cc1ccc2c(c1)OCN(CCCCCCCN1COc3cc4c(cc3C1)CNCO4)C2. The fourth-order valence-electron chi connectivity index (χ4n) is 4.81. The quantitative estimate of drug-likeness (QED) is 0.618. The van der Waals surface area contributed by atoms with Gasteiger partial charge >= 0.3 is 0 Å². The first-order chi connectivity index (χ1) is 15.7. The van der Waals surface area contributed by atoms with E-state index in [0.29, 0.717) is 13.5 Å². The van der Waals surface area contributed by atoms with Crippen molar-refractivity contribution in [3.63, 3.8) is 0 Å². The Morgan fingerprint density at radius 2 is 1.38 bits per heavy atom. The van der Waals surface area contributed by atoms with Crippen LogP contribution in [0.5, 0.6) is 17.2 Å². The molecule has 5 rings (SSSR count). The third-order valence-electron chi connectivity index (χ3n) is 6.65. The van der Waals surface area contributed by atoms with Gasteiger partial charge in [-0.05, 0) is 37.5 Å². The highest BCUT2D eigenvalue weighted by atomic mass is 16.5. The van der Waals surface area contributed by atoms with Crippen molar-refractivity contribution < 1.29 is 14.2 Å². The van der Waals surface area contributed by atoms with Crippen LogP contribution in [0.1, 0.15) is 54.4 Å². The molecular weight excluding hydrogens is 402 g/mol. The van der Waals surface area contributed by atoms with Gasteiger partial charge in [-0.1, -0.05) is 31.4 Å². The van der Waals surface area contributed by atoms with Crippen LogP contribution in [0.15, 0.2) is 30.3 Å². The Morgan fingerprint density at radius 3 is 2.16 bits per heavy atom. The second-order valence-electron chi connectivity index (χ2n) is 9.31. The van der Waals surface area contributed by atoms with Gasteiger partial charge in [0.05, 0.1) is 0 Å². The molecule has 0 fully saturated rings. The molecule has 0 spiro atoms. The fourth-order valence-corrected chi connectivity index (χ4v) is 4.81. The van der Waals surface area contributed by atoms with E-state index in [4.69, 9.17) is 14.2 Å². The van der Waals surface area contributed by atoms with Gasteiger partial charge in [0.15, 0.2) is 0 Å². The Balaban J connectivity index is 0.968. The molecular formula is C26H35N3O3. The topological polar surface area (TPSA) is 46.2 Å². The van der Waals surface area contributed by atoms with Crippen molar-refractivity contribution in [2.75, 3.05) is 33.3 Å². The number of unbranched alkanes of at least 4 members (excludes halogenated alkanes) is 4. The van der Waals surface area contributed by atoms with Crippen LogP contribution in [-0.4, -0.2) is 43.1 Å². The molecule has 1 N–H and O–H groups in total. The summed E-state index contributed by atoms with van der Waals surface area (Å²) in [7, 11) is 0. The molecule has 6 heteroatoms. The highest BCUT2D eigenvalue weighted by molar-refractivity contribution is 5.47. The second-order valence-corrected chi connectivity index (χ2v) is 9.31. The van der Waals surface area contributed by atoms with Gasteiger partial charge in [-0.3, -0.25) is 15.1 Å². The van der Waals surface area contributed by atoms with Crippen LogP contribution >= 0.6 is 0 Å². The molecule has 0 unspecified atom stereocenters. The van der Waals surface area contributed by atoms with Crippen LogP contribution in [0, 0.1) is 6.92 Å². The summed E-state index contributed by atoms with van der Waals surface area (Å²) >= 11 is 0. The van der Waals surface area contributed by atoms with Crippen LogP contribution in [-0.2, 0) is 19.6 Å². The lowest BCUT2D eigenvalue weighted by molar-refractivity contribution is 0.0910. The Kier molecular flexibility index (Phi) is 6.81. The van der Waals surface area contributed by atoms with Crippen molar-refractivity contribution in [3.05, 3.63) is 52.6 Å². The summed E-state index contributed by atoms with van der Waals surface area (Å²) in [5.41, 5.74) is 5.10. The Bertz CT molecular complexity index is 933. The van der Waals surface area contributed by atoms with E-state index < -0.39 is 0 Å². The van der Waals surface area contributed by atoms with Gasteiger partial charge in [-0.2, -0.15) is 0 Å². The van der Waals surface area contributed by atoms with E-state index in [1.165, 1.54) is 54.4 Å². The minimum absolute atomic E-state index is 0.581. The number of nitrogens with one attached hydrogen (secondary N) is 1. The van der Waals surface area contributed by atoms with Crippen molar-refractivity contribution in [2.45, 2.75) is 58.7 Å². The summed E-state index contributed by atoms with van der Waals surface area (Å²) < 4.78 is 17.6. The van der Waals surface area contributed by atoms with Crippen molar-refractivity contribution in [3.8, 4) is 17.2 Å². The molecule has 0 saturated carbocycles. The summed E-state index contributed by atoms with van der Waals surface area (Å²) in [6.07, 6.45) is 6.34. The highest BCUT2D eigenvalue weighted by Crippen LogP contribution is 2.34. The molecule has 3 heterocycles. The predicted octanol–water partition coefficient (Wildman–Crippen LogP) is 4.39. The number of aryl methyl sites for hydroxylation is 1. The molecule has 0 saturated heterocycles. The van der Waals surface area contributed by atoms with Crippen LogP contribution in [0.4, 0.5) is 0 Å². The molecule has 2 aromatic carbocycles. The van der Waals surface area contributed by atoms with E-state index in [0.717, 1.165) is 56.7 Å². The molecule has 2 aromatic rings. The van der Waals surface area contributed by atoms with E-state index in [2.05, 4.69) is 52.4 Å². The normalized spacial score (nSPS) is 18.0. The second kappa shape index (κ2) is 10.1. The van der Waals surface area contributed by atoms with E-state index in [1.54, 1.807) is 0 Å². The highest BCUT2D eigenvalue weighted by Gasteiger charge is 2.21. The van der Waals surface area contributed by atoms with E-state index in [-0.39, 0.29) is 0 Å². The molecule has 0 bridgehead atoms. The maximum Gasteiger partial charge on any atom is 0.142 e. The fraction of sp³-hybridized carbons (Fsp3) is 0.538. The zero-order valence-electron chi connectivity index (χ0n) is 19.2. The summed E-state index contributed by atoms with van der Waals surface area (Å²) in [5, 5.41) is 3.26. The maximum absolute atomic E-state index is 6.00. The summed E-state index contributed by atoms with van der Waals surface area (Å²) in [6.45, 7) is 9.17. The summed E-state index contributed by atoms with van der Waals surface area (Å²) in [5.74, 6) is 3.02. The summed E-state index contributed by atoms with van der Waals surface area (Å²) in [4.78, 5) is 4.83. The van der Waals surface area contributed by atoms with Crippen molar-refractivity contribution >= 4 is 0 Å². The number of benzene rings is 2. The minimum atomic E-state index is 0.581. The number of ether oxygens (including phenoxy) is 3. The molecule has 0 amide bonds. The van der Waals surface area contributed by atoms with Gasteiger partial charge in [0, 0.05) is 55.5 Å². The number of hydrogen-bond donors (Lipinski definition) is 1. The Morgan fingerprint density at radius 1 is 0.719 bits per heavy atom. The predicted molar refractivity (Wildman–Crippen MR) is 125 cm³/mol. The molecule has 0 aliphatic carbocycles. The smallest absolute Gasteiger partial charge is 0.142 e. The molecule has 3 aliphatic heterocycles. The van der Waals surface area contributed by atoms with E-state index in [9.17, 15) is 0 Å². The Labute approximate surface area is 191 Å². The van der Waals surface area contributed by atoms with Crippen LogP contribution in [0.25, 0.3) is 0 Å². The van der Waals surface area contributed by atoms with E-state index >= 15 is 0 Å². The van der Waals surface area contributed by atoms with Gasteiger partial charge in [-0.25, -0.2) is 0 Å². The Hall–Kier alpha value is -2.28. The average molecular weight is 438 g/mol. The van der Waals surface area contributed by atoms with Gasteiger partial charge in [0.2, 0.25) is 0 Å². The molecule has 6 nitrogen and oxygen atoms in total. The molecule has 3 aliphatic rings. The van der Waals surface area contributed by atoms with Crippen molar-refractivity contribution in [1.82, 2.24) is 15.1 Å². The standard InChI is InChI=1S/C26H35N3O3/c1-20-7-8-21-15-28(18-31-24(21)11-20)9-5-3-2-4-6-10-29-16-23-12-22-14-27-17-30-25(22)13-26(23)32-19-29/h7-8,11-13,27H,2-6,9-10,14-19H2,1H3. The van der Waals surface area contributed by atoms with Crippen molar-refractivity contribution in [2.24, 2.45) is 0 Å². The molecule has 32 heavy (non-hydrogen) atoms. The average Bonchev–Trinajstić information content (AvgIpc) is 2.82. The summed E-state index contributed by atoms with van der Waals surface area (Å²) in [6, 6.07) is 10.8. The number of hydrogen-bond acceptors (Lipinski definition) is 6. The third kappa shape index (κ3) is 5.20. The zero-order valence-corrected chi connectivity index (χ0v) is 19.2. The van der Waals surface area contributed by atoms with Crippen LogP contribution in [0.2, 0.25) is 0 Å². The largest absolute Gasteiger partial charge is 0.478 e. The first-order valence-electron chi connectivity index (χ1n) is 12.0. The lowest BCUT2D eigenvalue weighted by Crippen LogP contribution is -2.33. The van der Waals surface area contributed by atoms with Crippen LogP contribution < -0.4 is 19.5 Å². The van der Waals surface area contributed by atoms with E-state index in [1.807, 2.05) is 0 Å². The first-order valence-corrected chi connectivity index (χ1v) is 12.0. The minimum Gasteiger partial charge on any atom is -0.478 e. The third-order valence-corrected chi connectivity index (χ3v) is 6.65. The lowest BCUT2D eigenvalue weighted by atomic mass is 10.1. The molecule has 172 valence electrons. The van der Waals surface area contributed by atoms with Gasteiger partial charge in [0.25, 0.3) is 0 Å². The first kappa shape index (κ1) is 21.6. The maximum atomic E-state index is 6.00. The van der Waals surface area contributed by atoms with Gasteiger partial charge in [0.1, 0.15) is 37.4 Å². The lowest BCUT2D eigenvalue weighted by Gasteiger charge is -2.30.